The Morgan fingerprint density at radius 1 is 0.722 bits per heavy atom. The summed E-state index contributed by atoms with van der Waals surface area (Å²) in [5, 5.41) is 4.26. The number of rotatable bonds is 6. The zero-order valence-corrected chi connectivity index (χ0v) is 25.5. The molecule has 4 nitrogen and oxygen atoms in total. The predicted molar refractivity (Wildman–Crippen MR) is 148 cm³/mol. The molecule has 0 bridgehead atoms. The van der Waals surface area contributed by atoms with Gasteiger partial charge in [-0.3, -0.25) is 0 Å². The van der Waals surface area contributed by atoms with E-state index in [0.29, 0.717) is 0 Å². The molecule has 0 unspecified atom stereocenters. The Hall–Kier alpha value is -1.83. The van der Waals surface area contributed by atoms with Crippen molar-refractivity contribution in [3.63, 3.8) is 0 Å². The van der Waals surface area contributed by atoms with Crippen LogP contribution in [-0.4, -0.2) is 19.1 Å². The second kappa shape index (κ2) is 10.1. The van der Waals surface area contributed by atoms with Crippen molar-refractivity contribution in [3.05, 3.63) is 84.7 Å². The van der Waals surface area contributed by atoms with E-state index < -0.39 is 0 Å². The summed E-state index contributed by atoms with van der Waals surface area (Å²) in [7, 11) is 4.13. The second-order valence-electron chi connectivity index (χ2n) is 8.88. The molecule has 0 radical (unpaired) electrons. The summed E-state index contributed by atoms with van der Waals surface area (Å²) in [6.07, 6.45) is 4.20. The first-order chi connectivity index (χ1) is 16.9. The summed E-state index contributed by atoms with van der Waals surface area (Å²) in [5.41, 5.74) is -0.366. The normalized spacial score (nSPS) is 11.9. The number of fused-ring (bicyclic) bond motifs is 2. The van der Waals surface area contributed by atoms with Gasteiger partial charge < -0.3 is 9.13 Å². The van der Waals surface area contributed by atoms with Crippen LogP contribution in [0.3, 0.4) is 0 Å². The van der Waals surface area contributed by atoms with Crippen LogP contribution in [-0.2, 0) is 40.6 Å². The van der Waals surface area contributed by atoms with Crippen LogP contribution in [0.15, 0.2) is 79.4 Å². The van der Waals surface area contributed by atoms with Gasteiger partial charge in [-0.15, -0.1) is 36.4 Å². The van der Waals surface area contributed by atoms with Crippen LogP contribution < -0.4 is 0 Å². The minimum atomic E-state index is -0.366. The molecule has 0 saturated heterocycles. The molecule has 4 heterocycles. The third-order valence-corrected chi connectivity index (χ3v) is 9.99. The Morgan fingerprint density at radius 3 is 1.56 bits per heavy atom. The number of aryl methyl sites for hydroxylation is 2. The van der Waals surface area contributed by atoms with E-state index in [9.17, 15) is 0 Å². The van der Waals surface area contributed by atoms with Crippen LogP contribution in [0.25, 0.3) is 20.2 Å². The largest absolute Gasteiger partial charge is 2.00 e. The summed E-state index contributed by atoms with van der Waals surface area (Å²) in [4.78, 5) is 10.1. The summed E-state index contributed by atoms with van der Waals surface area (Å²) in [6, 6.07) is 23.7. The van der Waals surface area contributed by atoms with Crippen molar-refractivity contribution in [1.29, 1.82) is 0 Å². The molecular weight excluding hydrogens is 704 g/mol. The van der Waals surface area contributed by atoms with Crippen molar-refractivity contribution in [3.8, 4) is 0 Å². The Balaban J connectivity index is 0.00000267. The quantitative estimate of drug-likeness (QED) is 0.164. The average molecular weight is 726 g/mol. The molecule has 0 spiro atoms. The van der Waals surface area contributed by atoms with E-state index >= 15 is 0 Å². The summed E-state index contributed by atoms with van der Waals surface area (Å²) < 4.78 is 9.00. The standard InChI is InChI=1S/C27H22N4S4.Pt/c1-27(2,25-28-21(15-30(25)3)34-23-13-17-9-5-7-11-19(17)32-23)26-29-22(16-31(26)4)35-24-14-18-10-6-8-12-20(18)33-24;/h5-12,15-16H,1-4H3;/q-2;+2. The Labute approximate surface area is 241 Å². The first kappa shape index (κ1) is 25.8. The van der Waals surface area contributed by atoms with Gasteiger partial charge in [-0.05, 0) is 22.3 Å². The van der Waals surface area contributed by atoms with E-state index in [4.69, 9.17) is 9.97 Å². The minimum absolute atomic E-state index is 0. The van der Waals surface area contributed by atoms with Gasteiger partial charge in [0.2, 0.25) is 0 Å². The molecule has 9 heteroatoms. The van der Waals surface area contributed by atoms with E-state index in [2.05, 4.69) is 110 Å². The molecule has 0 saturated carbocycles. The topological polar surface area (TPSA) is 35.6 Å². The number of hydrogen-bond acceptors (Lipinski definition) is 6. The molecule has 0 aliphatic carbocycles. The summed E-state index contributed by atoms with van der Waals surface area (Å²) in [5.74, 6) is 1.97. The fourth-order valence-corrected chi connectivity index (χ4v) is 8.55. The molecule has 6 rings (SSSR count). The first-order valence-electron chi connectivity index (χ1n) is 11.1. The molecule has 0 N–H and O–H groups in total. The van der Waals surface area contributed by atoms with Crippen molar-refractivity contribution < 1.29 is 21.1 Å². The van der Waals surface area contributed by atoms with Gasteiger partial charge in [0.1, 0.15) is 21.7 Å². The third-order valence-electron chi connectivity index (χ3n) is 5.87. The summed E-state index contributed by atoms with van der Waals surface area (Å²) in [6.45, 7) is 4.38. The van der Waals surface area contributed by atoms with Gasteiger partial charge >= 0.3 is 21.1 Å². The first-order valence-corrected chi connectivity index (χ1v) is 14.4. The van der Waals surface area contributed by atoms with Gasteiger partial charge in [-0.1, -0.05) is 45.1 Å². The molecule has 0 aliphatic heterocycles. The molecular formula is C27H22N4PtS4. The fourth-order valence-electron chi connectivity index (χ4n) is 4.31. The monoisotopic (exact) mass is 725 g/mol. The van der Waals surface area contributed by atoms with Gasteiger partial charge in [0, 0.05) is 26.5 Å². The maximum atomic E-state index is 5.03. The van der Waals surface area contributed by atoms with Crippen LogP contribution in [0.2, 0.25) is 0 Å². The molecule has 4 aromatic heterocycles. The Morgan fingerprint density at radius 2 is 1.14 bits per heavy atom. The molecule has 184 valence electrons. The number of hydrogen-bond donors (Lipinski definition) is 0. The molecule has 6 aromatic rings. The smallest absolute Gasteiger partial charge is 0.336 e. The SMILES string of the molecule is Cn1cc(Sc2[c-]c3ccccc3s2)nc1C(C)(C)c1nc(Sc2[c-]c3ccccc3s2)cn1C.[Pt+2]. The van der Waals surface area contributed by atoms with E-state index in [1.165, 1.54) is 9.40 Å². The summed E-state index contributed by atoms with van der Waals surface area (Å²) >= 11 is 6.85. The van der Waals surface area contributed by atoms with Crippen LogP contribution >= 0.6 is 46.2 Å². The number of aromatic nitrogens is 4. The van der Waals surface area contributed by atoms with Crippen molar-refractivity contribution in [2.45, 2.75) is 37.7 Å². The van der Waals surface area contributed by atoms with Gasteiger partial charge in [-0.2, -0.15) is 22.9 Å². The molecule has 2 aromatic carbocycles. The van der Waals surface area contributed by atoms with Crippen molar-refractivity contribution in [1.82, 2.24) is 19.1 Å². The zero-order chi connectivity index (χ0) is 24.2. The molecule has 36 heavy (non-hydrogen) atoms. The van der Waals surface area contributed by atoms with E-state index in [0.717, 1.165) is 40.9 Å². The van der Waals surface area contributed by atoms with Gasteiger partial charge in [-0.25, -0.2) is 32.6 Å². The maximum Gasteiger partial charge on any atom is 2.00 e. The molecule has 0 atom stereocenters. The Bertz CT molecular complexity index is 1490. The van der Waals surface area contributed by atoms with Crippen molar-refractivity contribution in [2.24, 2.45) is 14.1 Å². The average Bonchev–Trinajstić information content (AvgIpc) is 3.58. The van der Waals surface area contributed by atoms with E-state index in [1.807, 2.05) is 0 Å². The number of nitrogens with zero attached hydrogens (tertiary/aromatic N) is 4. The van der Waals surface area contributed by atoms with Crippen molar-refractivity contribution >= 4 is 66.4 Å². The van der Waals surface area contributed by atoms with Crippen LogP contribution in [0.1, 0.15) is 25.5 Å². The van der Waals surface area contributed by atoms with Gasteiger partial charge in [0.05, 0.1) is 5.41 Å². The van der Waals surface area contributed by atoms with Crippen LogP contribution in [0.4, 0.5) is 0 Å². The van der Waals surface area contributed by atoms with Gasteiger partial charge in [0.25, 0.3) is 0 Å². The fraction of sp³-hybridized carbons (Fsp3) is 0.185. The molecule has 0 fully saturated rings. The zero-order valence-electron chi connectivity index (χ0n) is 20.0. The Kier molecular flexibility index (Phi) is 7.27. The van der Waals surface area contributed by atoms with E-state index in [-0.39, 0.29) is 26.5 Å². The van der Waals surface area contributed by atoms with Crippen LogP contribution in [0, 0.1) is 12.1 Å². The minimum Gasteiger partial charge on any atom is -0.336 e. The molecule has 0 aliphatic rings. The van der Waals surface area contributed by atoms with Crippen LogP contribution in [0.5, 0.6) is 0 Å². The predicted octanol–water partition coefficient (Wildman–Crippen LogP) is 7.81. The van der Waals surface area contributed by atoms with Crippen molar-refractivity contribution in [2.75, 3.05) is 0 Å². The number of imidazole rings is 2. The molecule has 0 amide bonds. The van der Waals surface area contributed by atoms with E-state index in [1.54, 1.807) is 46.2 Å². The third kappa shape index (κ3) is 4.86. The van der Waals surface area contributed by atoms with Gasteiger partial charge in [0.15, 0.2) is 0 Å². The second-order valence-corrected chi connectivity index (χ2v) is 13.6. The number of benzene rings is 2. The number of thiophene rings is 2. The maximum absolute atomic E-state index is 5.03.